The molecule has 2 N–H and O–H groups in total. The lowest BCUT2D eigenvalue weighted by molar-refractivity contribution is 0.591. The Morgan fingerprint density at radius 3 is 2.36 bits per heavy atom. The van der Waals surface area contributed by atoms with E-state index in [4.69, 9.17) is 5.73 Å². The first-order valence-corrected chi connectivity index (χ1v) is 7.81. The van der Waals surface area contributed by atoms with Crippen molar-refractivity contribution in [3.8, 4) is 0 Å². The third-order valence-corrected chi connectivity index (χ3v) is 4.97. The van der Waals surface area contributed by atoms with Crippen LogP contribution in [0.2, 0.25) is 0 Å². The molecule has 0 aromatic carbocycles. The van der Waals surface area contributed by atoms with Gasteiger partial charge < -0.3 is 5.73 Å². The monoisotopic (exact) mass is 239 g/mol. The van der Waals surface area contributed by atoms with Crippen LogP contribution in [0.4, 0.5) is 0 Å². The fourth-order valence-electron chi connectivity index (χ4n) is 0.860. The zero-order valence-electron chi connectivity index (χ0n) is 9.25. The summed E-state index contributed by atoms with van der Waals surface area (Å²) in [5.41, 5.74) is 5.63. The third-order valence-electron chi connectivity index (χ3n) is 1.66. The first-order chi connectivity index (χ1) is 6.27. The van der Waals surface area contributed by atoms with E-state index in [0.717, 1.165) is 17.9 Å². The molecule has 5 heteroatoms. The predicted molar refractivity (Wildman–Crippen MR) is 64.5 cm³/mol. The molecule has 0 fully saturated rings. The Bertz CT molecular complexity index is 242. The van der Waals surface area contributed by atoms with Crippen LogP contribution in [0.3, 0.4) is 0 Å². The van der Waals surface area contributed by atoms with Crippen molar-refractivity contribution in [2.75, 3.05) is 23.0 Å². The van der Waals surface area contributed by atoms with Gasteiger partial charge in [0.1, 0.15) is 9.84 Å². The second kappa shape index (κ2) is 5.98. The quantitative estimate of drug-likeness (QED) is 0.680. The van der Waals surface area contributed by atoms with E-state index in [1.807, 2.05) is 13.8 Å². The fourth-order valence-corrected chi connectivity index (χ4v) is 2.93. The molecule has 0 aromatic rings. The molecule has 0 spiro atoms. The number of hydrogen-bond acceptors (Lipinski definition) is 4. The van der Waals surface area contributed by atoms with E-state index in [1.165, 1.54) is 0 Å². The Morgan fingerprint density at radius 1 is 1.36 bits per heavy atom. The number of rotatable bonds is 7. The Balaban J connectivity index is 3.49. The van der Waals surface area contributed by atoms with Gasteiger partial charge in [-0.05, 0) is 26.0 Å². The molecule has 14 heavy (non-hydrogen) atoms. The standard InChI is InChI=1S/C9H21NO2S2/c1-4-14(11,12)7-5-6-13-8-9(2,3)10/h4-8,10H2,1-3H3. The molecule has 0 amide bonds. The van der Waals surface area contributed by atoms with Gasteiger partial charge >= 0.3 is 0 Å². The van der Waals surface area contributed by atoms with Crippen LogP contribution in [0.15, 0.2) is 0 Å². The molecule has 0 radical (unpaired) electrons. The average molecular weight is 239 g/mol. The van der Waals surface area contributed by atoms with Crippen LogP contribution in [0.25, 0.3) is 0 Å². The first kappa shape index (κ1) is 14.3. The number of thioether (sulfide) groups is 1. The van der Waals surface area contributed by atoms with Crippen LogP contribution in [0.1, 0.15) is 27.2 Å². The van der Waals surface area contributed by atoms with Crippen molar-refractivity contribution in [3.05, 3.63) is 0 Å². The minimum Gasteiger partial charge on any atom is -0.325 e. The van der Waals surface area contributed by atoms with Gasteiger partial charge in [-0.2, -0.15) is 11.8 Å². The molecule has 0 aliphatic rings. The highest BCUT2D eigenvalue weighted by atomic mass is 32.2. The lowest BCUT2D eigenvalue weighted by atomic mass is 10.1. The molecular weight excluding hydrogens is 218 g/mol. The van der Waals surface area contributed by atoms with E-state index in [2.05, 4.69) is 0 Å². The van der Waals surface area contributed by atoms with Gasteiger partial charge in [0.2, 0.25) is 0 Å². The van der Waals surface area contributed by atoms with E-state index in [1.54, 1.807) is 18.7 Å². The van der Waals surface area contributed by atoms with Crippen LogP contribution in [-0.4, -0.2) is 37.0 Å². The minimum absolute atomic E-state index is 0.158. The van der Waals surface area contributed by atoms with E-state index >= 15 is 0 Å². The Kier molecular flexibility index (Phi) is 6.09. The average Bonchev–Trinajstić information content (AvgIpc) is 2.01. The molecule has 0 saturated heterocycles. The first-order valence-electron chi connectivity index (χ1n) is 4.84. The summed E-state index contributed by atoms with van der Waals surface area (Å²) in [5.74, 6) is 2.31. The third kappa shape index (κ3) is 8.84. The highest BCUT2D eigenvalue weighted by Crippen LogP contribution is 2.11. The zero-order valence-corrected chi connectivity index (χ0v) is 10.9. The summed E-state index contributed by atoms with van der Waals surface area (Å²) in [6.45, 7) is 5.64. The van der Waals surface area contributed by atoms with Gasteiger partial charge in [0, 0.05) is 17.0 Å². The SMILES string of the molecule is CCS(=O)(=O)CCCSCC(C)(C)N. The van der Waals surface area contributed by atoms with Crippen LogP contribution in [0, 0.1) is 0 Å². The summed E-state index contributed by atoms with van der Waals surface area (Å²) in [4.78, 5) is 0. The van der Waals surface area contributed by atoms with Crippen molar-refractivity contribution in [1.82, 2.24) is 0 Å². The van der Waals surface area contributed by atoms with Crippen molar-refractivity contribution < 1.29 is 8.42 Å². The zero-order chi connectivity index (χ0) is 11.2. The number of hydrogen-bond donors (Lipinski definition) is 1. The highest BCUT2D eigenvalue weighted by molar-refractivity contribution is 7.99. The lowest BCUT2D eigenvalue weighted by Crippen LogP contribution is -2.34. The van der Waals surface area contributed by atoms with E-state index in [9.17, 15) is 8.42 Å². The number of sulfone groups is 1. The van der Waals surface area contributed by atoms with Crippen LogP contribution < -0.4 is 5.73 Å². The summed E-state index contributed by atoms with van der Waals surface area (Å²) in [6.07, 6.45) is 0.733. The van der Waals surface area contributed by atoms with Gasteiger partial charge in [0.25, 0.3) is 0 Å². The molecular formula is C9H21NO2S2. The van der Waals surface area contributed by atoms with Gasteiger partial charge in [-0.3, -0.25) is 0 Å². The summed E-state index contributed by atoms with van der Waals surface area (Å²) in [5, 5.41) is 0. The Hall–Kier alpha value is 0.260. The molecule has 0 unspecified atom stereocenters. The fraction of sp³-hybridized carbons (Fsp3) is 1.00. The maximum absolute atomic E-state index is 11.1. The molecule has 3 nitrogen and oxygen atoms in total. The van der Waals surface area contributed by atoms with E-state index < -0.39 is 9.84 Å². The van der Waals surface area contributed by atoms with Gasteiger partial charge in [-0.25, -0.2) is 8.42 Å². The van der Waals surface area contributed by atoms with Crippen LogP contribution in [0.5, 0.6) is 0 Å². The smallest absolute Gasteiger partial charge is 0.150 e. The van der Waals surface area contributed by atoms with Gasteiger partial charge in [-0.15, -0.1) is 0 Å². The molecule has 0 rings (SSSR count). The molecule has 0 aromatic heterocycles. The van der Waals surface area contributed by atoms with Gasteiger partial charge in [0.05, 0.1) is 5.75 Å². The Labute approximate surface area is 91.7 Å². The van der Waals surface area contributed by atoms with Crippen LogP contribution >= 0.6 is 11.8 Å². The van der Waals surface area contributed by atoms with Crippen molar-refractivity contribution in [1.29, 1.82) is 0 Å². The van der Waals surface area contributed by atoms with Crippen molar-refractivity contribution in [3.63, 3.8) is 0 Å². The van der Waals surface area contributed by atoms with Gasteiger partial charge in [-0.1, -0.05) is 6.92 Å². The molecule has 0 atom stereocenters. The molecule has 0 aliphatic heterocycles. The molecule has 0 bridgehead atoms. The largest absolute Gasteiger partial charge is 0.325 e. The molecule has 0 saturated carbocycles. The molecule has 86 valence electrons. The van der Waals surface area contributed by atoms with Crippen molar-refractivity contribution in [2.24, 2.45) is 5.73 Å². The minimum atomic E-state index is -2.78. The summed E-state index contributed by atoms with van der Waals surface area (Å²) in [7, 11) is -2.78. The summed E-state index contributed by atoms with van der Waals surface area (Å²) < 4.78 is 22.3. The van der Waals surface area contributed by atoms with Crippen molar-refractivity contribution in [2.45, 2.75) is 32.7 Å². The molecule has 0 aliphatic carbocycles. The summed E-state index contributed by atoms with van der Waals surface area (Å²) in [6, 6.07) is 0. The topological polar surface area (TPSA) is 60.2 Å². The highest BCUT2D eigenvalue weighted by Gasteiger charge is 2.11. The summed E-state index contributed by atoms with van der Waals surface area (Å²) >= 11 is 1.72. The predicted octanol–water partition coefficient (Wildman–Crippen LogP) is 1.28. The number of nitrogens with two attached hydrogens (primary N) is 1. The van der Waals surface area contributed by atoms with E-state index in [0.29, 0.717) is 5.75 Å². The molecule has 0 heterocycles. The second-order valence-corrected chi connectivity index (χ2v) is 7.71. The maximum Gasteiger partial charge on any atom is 0.150 e. The second-order valence-electron chi connectivity index (χ2n) is 4.13. The van der Waals surface area contributed by atoms with Crippen molar-refractivity contribution >= 4 is 21.6 Å². The van der Waals surface area contributed by atoms with Gasteiger partial charge in [0.15, 0.2) is 0 Å². The lowest BCUT2D eigenvalue weighted by Gasteiger charge is -2.17. The Morgan fingerprint density at radius 2 is 1.93 bits per heavy atom. The maximum atomic E-state index is 11.1. The van der Waals surface area contributed by atoms with Crippen LogP contribution in [-0.2, 0) is 9.84 Å². The van der Waals surface area contributed by atoms with E-state index in [-0.39, 0.29) is 11.3 Å². The normalized spacial score (nSPS) is 13.1.